The van der Waals surface area contributed by atoms with Crippen LogP contribution in [0, 0.1) is 5.82 Å². The Labute approximate surface area is 195 Å². The molecule has 4 rings (SSSR count). The van der Waals surface area contributed by atoms with Gasteiger partial charge in [0, 0.05) is 30.8 Å². The number of nitrogens with one attached hydrogen (secondary N) is 1. The standard InChI is InChI=1S/C26H24FN3O4/c1-34-11-10-28-26(33)24-25(32)23-21(22(30-24)19-6-2-17(15-31)3-7-19)13-18(14-29-23)12-16-4-8-20(27)9-5-16/h2-9,13-14,31-32H,10-12,15H2,1H3,(H,28,33). The predicted octanol–water partition coefficient (Wildman–Crippen LogP) is 3.60. The number of fused-ring (bicyclic) bond motifs is 1. The lowest BCUT2D eigenvalue weighted by Crippen LogP contribution is -2.28. The summed E-state index contributed by atoms with van der Waals surface area (Å²) in [5.41, 5.74) is 3.77. The van der Waals surface area contributed by atoms with Crippen molar-refractivity contribution in [3.8, 4) is 17.0 Å². The molecule has 2 aromatic heterocycles. The molecule has 0 saturated carbocycles. The molecule has 2 aromatic carbocycles. The van der Waals surface area contributed by atoms with Crippen LogP contribution in [-0.4, -0.2) is 46.3 Å². The minimum Gasteiger partial charge on any atom is -0.504 e. The fourth-order valence-corrected chi connectivity index (χ4v) is 3.65. The molecule has 4 aromatic rings. The van der Waals surface area contributed by atoms with Gasteiger partial charge in [0.2, 0.25) is 0 Å². The van der Waals surface area contributed by atoms with E-state index in [0.29, 0.717) is 29.7 Å². The molecule has 2 heterocycles. The first kappa shape index (κ1) is 23.3. The summed E-state index contributed by atoms with van der Waals surface area (Å²) < 4.78 is 18.2. The van der Waals surface area contributed by atoms with Gasteiger partial charge < -0.3 is 20.3 Å². The third-order valence-electron chi connectivity index (χ3n) is 5.41. The van der Waals surface area contributed by atoms with Crippen LogP contribution in [0.3, 0.4) is 0 Å². The third kappa shape index (κ3) is 5.03. The normalized spacial score (nSPS) is 11.0. The minimum absolute atomic E-state index is 0.0967. The number of ether oxygens (including phenoxy) is 1. The van der Waals surface area contributed by atoms with Gasteiger partial charge in [-0.25, -0.2) is 9.37 Å². The summed E-state index contributed by atoms with van der Waals surface area (Å²) >= 11 is 0. The average molecular weight is 461 g/mol. The Bertz CT molecular complexity index is 1310. The van der Waals surface area contributed by atoms with E-state index < -0.39 is 5.91 Å². The van der Waals surface area contributed by atoms with Crippen LogP contribution < -0.4 is 5.32 Å². The quantitative estimate of drug-likeness (QED) is 0.347. The van der Waals surface area contributed by atoms with Gasteiger partial charge >= 0.3 is 0 Å². The van der Waals surface area contributed by atoms with Gasteiger partial charge in [0.1, 0.15) is 11.3 Å². The van der Waals surface area contributed by atoms with E-state index in [2.05, 4.69) is 15.3 Å². The van der Waals surface area contributed by atoms with E-state index in [1.807, 2.05) is 6.07 Å². The summed E-state index contributed by atoms with van der Waals surface area (Å²) in [5.74, 6) is -1.16. The molecule has 0 radical (unpaired) electrons. The van der Waals surface area contributed by atoms with Gasteiger partial charge in [-0.2, -0.15) is 0 Å². The molecule has 0 fully saturated rings. The molecule has 34 heavy (non-hydrogen) atoms. The summed E-state index contributed by atoms with van der Waals surface area (Å²) in [5, 5.41) is 23.5. The van der Waals surface area contributed by atoms with Gasteiger partial charge in [0.25, 0.3) is 5.91 Å². The van der Waals surface area contributed by atoms with Gasteiger partial charge in [-0.3, -0.25) is 9.78 Å². The molecule has 174 valence electrons. The molecular formula is C26H24FN3O4. The molecule has 0 spiro atoms. The number of methoxy groups -OCH3 is 1. The number of benzene rings is 2. The fraction of sp³-hybridized carbons (Fsp3) is 0.192. The molecule has 8 heteroatoms. The van der Waals surface area contributed by atoms with Crippen molar-refractivity contribution in [1.82, 2.24) is 15.3 Å². The zero-order valence-corrected chi connectivity index (χ0v) is 18.6. The number of aromatic nitrogens is 2. The molecule has 0 saturated heterocycles. The fourth-order valence-electron chi connectivity index (χ4n) is 3.65. The van der Waals surface area contributed by atoms with Crippen LogP contribution in [0.1, 0.15) is 27.2 Å². The second kappa shape index (κ2) is 10.4. The number of halogens is 1. The second-order valence-corrected chi connectivity index (χ2v) is 7.80. The maximum atomic E-state index is 13.3. The average Bonchev–Trinajstić information content (AvgIpc) is 2.86. The number of rotatable bonds is 8. The molecular weight excluding hydrogens is 437 g/mol. The van der Waals surface area contributed by atoms with Crippen molar-refractivity contribution in [2.24, 2.45) is 0 Å². The van der Waals surface area contributed by atoms with E-state index in [1.54, 1.807) is 42.6 Å². The van der Waals surface area contributed by atoms with Crippen molar-refractivity contribution in [1.29, 1.82) is 0 Å². The second-order valence-electron chi connectivity index (χ2n) is 7.80. The van der Waals surface area contributed by atoms with E-state index in [4.69, 9.17) is 4.74 Å². The van der Waals surface area contributed by atoms with Crippen molar-refractivity contribution in [2.75, 3.05) is 20.3 Å². The molecule has 0 aliphatic carbocycles. The number of aliphatic hydroxyl groups is 1. The Morgan fingerprint density at radius 1 is 1.06 bits per heavy atom. The van der Waals surface area contributed by atoms with Crippen LogP contribution >= 0.6 is 0 Å². The monoisotopic (exact) mass is 461 g/mol. The highest BCUT2D eigenvalue weighted by atomic mass is 19.1. The van der Waals surface area contributed by atoms with Crippen LogP contribution in [0.2, 0.25) is 0 Å². The molecule has 0 unspecified atom stereocenters. The highest BCUT2D eigenvalue weighted by Crippen LogP contribution is 2.34. The summed E-state index contributed by atoms with van der Waals surface area (Å²) in [7, 11) is 1.53. The predicted molar refractivity (Wildman–Crippen MR) is 126 cm³/mol. The first-order valence-electron chi connectivity index (χ1n) is 10.7. The van der Waals surface area contributed by atoms with Crippen LogP contribution in [0.25, 0.3) is 22.2 Å². The van der Waals surface area contributed by atoms with Crippen molar-refractivity contribution in [3.05, 3.63) is 89.0 Å². The first-order chi connectivity index (χ1) is 16.5. The Morgan fingerprint density at radius 3 is 2.44 bits per heavy atom. The summed E-state index contributed by atoms with van der Waals surface area (Å²) in [6, 6.07) is 15.2. The number of amides is 1. The molecule has 0 aliphatic heterocycles. The Morgan fingerprint density at radius 2 is 1.76 bits per heavy atom. The van der Waals surface area contributed by atoms with Gasteiger partial charge in [0.15, 0.2) is 11.4 Å². The number of aromatic hydroxyl groups is 1. The van der Waals surface area contributed by atoms with Gasteiger partial charge in [0.05, 0.1) is 18.9 Å². The smallest absolute Gasteiger partial charge is 0.273 e. The third-order valence-corrected chi connectivity index (χ3v) is 5.41. The first-order valence-corrected chi connectivity index (χ1v) is 10.7. The van der Waals surface area contributed by atoms with E-state index in [1.165, 1.54) is 19.2 Å². The molecule has 1 amide bonds. The van der Waals surface area contributed by atoms with Crippen molar-refractivity contribution in [2.45, 2.75) is 13.0 Å². The highest BCUT2D eigenvalue weighted by molar-refractivity contribution is 6.04. The number of hydrogen-bond acceptors (Lipinski definition) is 6. The minimum atomic E-state index is -0.540. The van der Waals surface area contributed by atoms with E-state index >= 15 is 0 Å². The summed E-state index contributed by atoms with van der Waals surface area (Å²) in [6.07, 6.45) is 2.13. The number of pyridine rings is 2. The lowest BCUT2D eigenvalue weighted by atomic mass is 10.00. The largest absolute Gasteiger partial charge is 0.504 e. The van der Waals surface area contributed by atoms with Crippen molar-refractivity contribution < 1.29 is 24.1 Å². The zero-order chi connectivity index (χ0) is 24.1. The van der Waals surface area contributed by atoms with Crippen LogP contribution in [-0.2, 0) is 17.8 Å². The number of carbonyl (C=O) groups is 1. The number of carbonyl (C=O) groups excluding carboxylic acids is 1. The zero-order valence-electron chi connectivity index (χ0n) is 18.6. The Balaban J connectivity index is 1.82. The van der Waals surface area contributed by atoms with E-state index in [9.17, 15) is 19.4 Å². The lowest BCUT2D eigenvalue weighted by molar-refractivity contribution is 0.0929. The highest BCUT2D eigenvalue weighted by Gasteiger charge is 2.21. The topological polar surface area (TPSA) is 105 Å². The maximum absolute atomic E-state index is 13.3. The number of aliphatic hydroxyl groups excluding tert-OH is 1. The number of nitrogens with zero attached hydrogens (tertiary/aromatic N) is 2. The van der Waals surface area contributed by atoms with Gasteiger partial charge in [-0.1, -0.05) is 36.4 Å². The Kier molecular flexibility index (Phi) is 7.10. The van der Waals surface area contributed by atoms with E-state index in [-0.39, 0.29) is 35.9 Å². The van der Waals surface area contributed by atoms with E-state index in [0.717, 1.165) is 16.7 Å². The molecule has 3 N–H and O–H groups in total. The molecule has 0 aliphatic rings. The summed E-state index contributed by atoms with van der Waals surface area (Å²) in [4.78, 5) is 21.7. The number of hydrogen-bond donors (Lipinski definition) is 3. The Hall–Kier alpha value is -3.88. The van der Waals surface area contributed by atoms with Crippen molar-refractivity contribution >= 4 is 16.8 Å². The van der Waals surface area contributed by atoms with Gasteiger partial charge in [-0.15, -0.1) is 0 Å². The molecule has 0 atom stereocenters. The van der Waals surface area contributed by atoms with Gasteiger partial charge in [-0.05, 0) is 41.3 Å². The van der Waals surface area contributed by atoms with Crippen LogP contribution in [0.5, 0.6) is 5.75 Å². The SMILES string of the molecule is COCCNC(=O)c1nc(-c2ccc(CO)cc2)c2cc(Cc3ccc(F)cc3)cnc2c1O. The lowest BCUT2D eigenvalue weighted by Gasteiger charge is -2.13. The van der Waals surface area contributed by atoms with Crippen LogP contribution in [0.15, 0.2) is 60.8 Å². The summed E-state index contributed by atoms with van der Waals surface area (Å²) in [6.45, 7) is 0.486. The molecule has 7 nitrogen and oxygen atoms in total. The van der Waals surface area contributed by atoms with Crippen molar-refractivity contribution in [3.63, 3.8) is 0 Å². The maximum Gasteiger partial charge on any atom is 0.273 e. The molecule has 0 bridgehead atoms. The van der Waals surface area contributed by atoms with Crippen LogP contribution in [0.4, 0.5) is 4.39 Å².